The molecule has 0 fully saturated rings. The van der Waals surface area contributed by atoms with Gasteiger partial charge in [0.2, 0.25) is 0 Å². The van der Waals surface area contributed by atoms with Gasteiger partial charge >= 0.3 is 5.97 Å². The van der Waals surface area contributed by atoms with E-state index in [1.54, 1.807) is 6.92 Å². The van der Waals surface area contributed by atoms with Crippen LogP contribution < -0.4 is 5.73 Å². The van der Waals surface area contributed by atoms with Gasteiger partial charge in [0, 0.05) is 0 Å². The maximum Gasteiger partial charge on any atom is 0.325 e. The van der Waals surface area contributed by atoms with E-state index in [9.17, 15) is 4.79 Å². The number of carbonyl (C=O) groups excluding carboxylic acids is 1. The van der Waals surface area contributed by atoms with Crippen molar-refractivity contribution in [3.05, 3.63) is 0 Å². The largest absolute Gasteiger partial charge is 0.464 e. The summed E-state index contributed by atoms with van der Waals surface area (Å²) >= 11 is 0. The topological polar surface area (TPSA) is 61.5 Å². The molecule has 4 heteroatoms. The molecule has 17 heavy (non-hydrogen) atoms. The molecule has 0 aromatic rings. The Morgan fingerprint density at radius 1 is 1.24 bits per heavy atom. The highest BCUT2D eigenvalue weighted by Crippen LogP contribution is 2.13. The van der Waals surface area contributed by atoms with E-state index in [1.807, 2.05) is 20.8 Å². The van der Waals surface area contributed by atoms with Gasteiger partial charge in [0.1, 0.15) is 6.04 Å². The second-order valence-corrected chi connectivity index (χ2v) is 5.81. The zero-order valence-electron chi connectivity index (χ0n) is 11.9. The Labute approximate surface area is 105 Å². The quantitative estimate of drug-likeness (QED) is 0.728. The average Bonchev–Trinajstić information content (AvgIpc) is 2.13. The minimum atomic E-state index is -0.721. The summed E-state index contributed by atoms with van der Waals surface area (Å²) in [5.74, 6) is 0.129. The minimum absolute atomic E-state index is 0.310. The Kier molecular flexibility index (Phi) is 6.72. The molecule has 0 saturated heterocycles. The highest BCUT2D eigenvalue weighted by molar-refractivity contribution is 5.76. The number of rotatable bonds is 6. The molecular weight excluding hydrogens is 218 g/mol. The molecule has 2 atom stereocenters. The Morgan fingerprint density at radius 2 is 1.76 bits per heavy atom. The molecule has 0 aliphatic rings. The fourth-order valence-corrected chi connectivity index (χ4v) is 1.31. The number of carbonyl (C=O) groups is 1. The van der Waals surface area contributed by atoms with E-state index < -0.39 is 6.04 Å². The van der Waals surface area contributed by atoms with Crippen LogP contribution in [-0.4, -0.2) is 30.3 Å². The molecule has 0 aliphatic heterocycles. The van der Waals surface area contributed by atoms with E-state index in [4.69, 9.17) is 15.2 Å². The molecular formula is C13H27NO3. The molecule has 0 spiro atoms. The molecule has 0 aromatic carbocycles. The standard InChI is InChI=1S/C13H27NO3/c1-9(2)7-8-16-12(15)11(14)10(3)17-13(4,5)6/h9-11H,7-8,14H2,1-6H3/t10-,11+/m1/s1. The van der Waals surface area contributed by atoms with E-state index in [-0.39, 0.29) is 17.7 Å². The average molecular weight is 245 g/mol. The van der Waals surface area contributed by atoms with E-state index in [0.29, 0.717) is 12.5 Å². The summed E-state index contributed by atoms with van der Waals surface area (Å²) in [5.41, 5.74) is 5.47. The van der Waals surface area contributed by atoms with Gasteiger partial charge in [-0.25, -0.2) is 0 Å². The lowest BCUT2D eigenvalue weighted by molar-refractivity contribution is -0.152. The van der Waals surface area contributed by atoms with Crippen LogP contribution in [0.5, 0.6) is 0 Å². The van der Waals surface area contributed by atoms with Crippen LogP contribution in [0.1, 0.15) is 48.0 Å². The lowest BCUT2D eigenvalue weighted by atomic mass is 10.1. The van der Waals surface area contributed by atoms with Crippen LogP contribution in [0.15, 0.2) is 0 Å². The highest BCUT2D eigenvalue weighted by atomic mass is 16.5. The first-order valence-electron chi connectivity index (χ1n) is 6.23. The van der Waals surface area contributed by atoms with Gasteiger partial charge in [-0.15, -0.1) is 0 Å². The van der Waals surface area contributed by atoms with Gasteiger partial charge in [0.25, 0.3) is 0 Å². The van der Waals surface area contributed by atoms with E-state index >= 15 is 0 Å². The molecule has 0 saturated carbocycles. The summed E-state index contributed by atoms with van der Waals surface area (Å²) in [6.45, 7) is 12.2. The number of esters is 1. The lowest BCUT2D eigenvalue weighted by Gasteiger charge is -2.27. The summed E-state index contributed by atoms with van der Waals surface area (Å²) in [7, 11) is 0. The fourth-order valence-electron chi connectivity index (χ4n) is 1.31. The fraction of sp³-hybridized carbons (Fsp3) is 0.923. The van der Waals surface area contributed by atoms with E-state index in [1.165, 1.54) is 0 Å². The third-order valence-electron chi connectivity index (χ3n) is 2.26. The molecule has 0 unspecified atom stereocenters. The Morgan fingerprint density at radius 3 is 2.18 bits per heavy atom. The van der Waals surface area contributed by atoms with Crippen molar-refractivity contribution in [2.75, 3.05) is 6.61 Å². The van der Waals surface area contributed by atoms with E-state index in [2.05, 4.69) is 13.8 Å². The monoisotopic (exact) mass is 245 g/mol. The van der Waals surface area contributed by atoms with Crippen LogP contribution in [0.4, 0.5) is 0 Å². The van der Waals surface area contributed by atoms with Crippen LogP contribution in [0.25, 0.3) is 0 Å². The number of ether oxygens (including phenoxy) is 2. The number of nitrogens with two attached hydrogens (primary N) is 1. The van der Waals surface area contributed by atoms with Crippen molar-refractivity contribution in [1.29, 1.82) is 0 Å². The third kappa shape index (κ3) is 8.16. The predicted octanol–water partition coefficient (Wildman–Crippen LogP) is 2.11. The minimum Gasteiger partial charge on any atom is -0.464 e. The van der Waals surface area contributed by atoms with Crippen LogP contribution in [-0.2, 0) is 14.3 Å². The van der Waals surface area contributed by atoms with Crippen LogP contribution in [0.2, 0.25) is 0 Å². The molecule has 2 N–H and O–H groups in total. The summed E-state index contributed by atoms with van der Waals surface area (Å²) in [6.07, 6.45) is 0.508. The van der Waals surface area contributed by atoms with Crippen molar-refractivity contribution < 1.29 is 14.3 Å². The molecule has 0 amide bonds. The first-order valence-corrected chi connectivity index (χ1v) is 6.23. The van der Waals surface area contributed by atoms with Crippen molar-refractivity contribution in [1.82, 2.24) is 0 Å². The zero-order valence-corrected chi connectivity index (χ0v) is 11.9. The molecule has 0 bridgehead atoms. The number of hydrogen-bond donors (Lipinski definition) is 1. The third-order valence-corrected chi connectivity index (χ3v) is 2.26. The van der Waals surface area contributed by atoms with Gasteiger partial charge in [-0.05, 0) is 40.0 Å². The van der Waals surface area contributed by atoms with Crippen molar-refractivity contribution >= 4 is 5.97 Å². The van der Waals surface area contributed by atoms with Gasteiger partial charge in [0.15, 0.2) is 0 Å². The highest BCUT2D eigenvalue weighted by Gasteiger charge is 2.26. The van der Waals surface area contributed by atoms with Crippen molar-refractivity contribution in [2.45, 2.75) is 65.7 Å². The van der Waals surface area contributed by atoms with Crippen LogP contribution in [0.3, 0.4) is 0 Å². The van der Waals surface area contributed by atoms with Crippen molar-refractivity contribution in [3.8, 4) is 0 Å². The van der Waals surface area contributed by atoms with Crippen molar-refractivity contribution in [2.24, 2.45) is 11.7 Å². The van der Waals surface area contributed by atoms with Gasteiger partial charge in [-0.2, -0.15) is 0 Å². The van der Waals surface area contributed by atoms with Crippen molar-refractivity contribution in [3.63, 3.8) is 0 Å². The van der Waals surface area contributed by atoms with E-state index in [0.717, 1.165) is 6.42 Å². The molecule has 102 valence electrons. The molecule has 0 radical (unpaired) electrons. The van der Waals surface area contributed by atoms with Gasteiger partial charge in [0.05, 0.1) is 18.3 Å². The number of hydrogen-bond acceptors (Lipinski definition) is 4. The molecule has 0 rings (SSSR count). The Balaban J connectivity index is 4.03. The second kappa shape index (κ2) is 6.97. The zero-order chi connectivity index (χ0) is 13.6. The molecule has 0 heterocycles. The predicted molar refractivity (Wildman–Crippen MR) is 68.7 cm³/mol. The molecule has 0 aliphatic carbocycles. The van der Waals surface area contributed by atoms with Gasteiger partial charge in [-0.1, -0.05) is 13.8 Å². The first kappa shape index (κ1) is 16.4. The van der Waals surface area contributed by atoms with Gasteiger partial charge < -0.3 is 15.2 Å². The van der Waals surface area contributed by atoms with Crippen LogP contribution in [0, 0.1) is 5.92 Å². The normalized spacial score (nSPS) is 15.8. The molecule has 4 nitrogen and oxygen atoms in total. The Bertz CT molecular complexity index is 233. The molecule has 0 aromatic heterocycles. The SMILES string of the molecule is CC(C)CCOC(=O)[C@@H](N)[C@@H](C)OC(C)(C)C. The summed E-state index contributed by atoms with van der Waals surface area (Å²) in [4.78, 5) is 11.6. The maximum atomic E-state index is 11.6. The second-order valence-electron chi connectivity index (χ2n) is 5.81. The summed E-state index contributed by atoms with van der Waals surface area (Å²) < 4.78 is 10.7. The summed E-state index contributed by atoms with van der Waals surface area (Å²) in [6, 6.07) is -0.721. The smallest absolute Gasteiger partial charge is 0.325 e. The first-order chi connectivity index (χ1) is 7.63. The lowest BCUT2D eigenvalue weighted by Crippen LogP contribution is -2.45. The van der Waals surface area contributed by atoms with Crippen LogP contribution >= 0.6 is 0 Å². The maximum absolute atomic E-state index is 11.6. The Hall–Kier alpha value is -0.610. The van der Waals surface area contributed by atoms with Gasteiger partial charge in [-0.3, -0.25) is 4.79 Å². The summed E-state index contributed by atoms with van der Waals surface area (Å²) in [5, 5.41) is 0.